The van der Waals surface area contributed by atoms with Gasteiger partial charge in [-0.2, -0.15) is 0 Å². The summed E-state index contributed by atoms with van der Waals surface area (Å²) in [5.41, 5.74) is 11.5. The van der Waals surface area contributed by atoms with Crippen molar-refractivity contribution >= 4 is 6.08 Å². The Hall–Kier alpha value is -0.0969. The van der Waals surface area contributed by atoms with E-state index in [-0.39, 0.29) is 24.8 Å². The first-order valence-corrected chi connectivity index (χ1v) is 13.0. The fourth-order valence-electron chi connectivity index (χ4n) is 4.81. The average molecular weight is 497 g/mol. The molecule has 2 unspecified atom stereocenters. The van der Waals surface area contributed by atoms with Crippen LogP contribution < -0.4 is 24.8 Å². The molecule has 0 N–H and O–H groups in total. The Morgan fingerprint density at radius 2 is 1.61 bits per heavy atom. The fraction of sp³-hybridized carbons (Fsp3) is 0.520. The largest absolute Gasteiger partial charge is 1.00 e. The van der Waals surface area contributed by atoms with Crippen LogP contribution in [-0.2, 0) is 23.2 Å². The van der Waals surface area contributed by atoms with Crippen LogP contribution in [0.25, 0.3) is 6.08 Å². The van der Waals surface area contributed by atoms with Gasteiger partial charge >= 0.3 is 173 Å². The molecule has 0 heterocycles. The van der Waals surface area contributed by atoms with E-state index >= 15 is 0 Å². The van der Waals surface area contributed by atoms with Gasteiger partial charge in [-0.3, -0.25) is 0 Å². The van der Waals surface area contributed by atoms with Crippen molar-refractivity contribution in [3.63, 3.8) is 0 Å². The van der Waals surface area contributed by atoms with Crippen molar-refractivity contribution in [2.24, 2.45) is 0 Å². The fourth-order valence-corrected chi connectivity index (χ4v) is 10.5. The summed E-state index contributed by atoms with van der Waals surface area (Å²) in [4.78, 5) is 0. The molecule has 0 aromatic heterocycles. The molecule has 28 heavy (non-hydrogen) atoms. The summed E-state index contributed by atoms with van der Waals surface area (Å²) in [6.45, 7) is 14.4. The standard InChI is InChI=1S/C13H15.C12H19.2ClH.Zr/c1-2-3-6-11-9-12-7-4-5-8-13(12)10-11;1-6-7-12-10(4)8(2)9(3)11(12)5;;;/h4-5,7-10H,2-3,6H2,1H3;6-7H2,1-5H3;2*1H;/q;;;;+2/p-2. The van der Waals surface area contributed by atoms with E-state index in [4.69, 9.17) is 0 Å². The van der Waals surface area contributed by atoms with Crippen LogP contribution >= 0.6 is 0 Å². The maximum Gasteiger partial charge on any atom is -1.00 e. The van der Waals surface area contributed by atoms with Crippen LogP contribution in [0.4, 0.5) is 0 Å². The van der Waals surface area contributed by atoms with Crippen molar-refractivity contribution in [1.29, 1.82) is 0 Å². The molecule has 0 radical (unpaired) electrons. The summed E-state index contributed by atoms with van der Waals surface area (Å²) < 4.78 is 1.15. The molecular weight excluding hydrogens is 462 g/mol. The first-order chi connectivity index (χ1) is 12.4. The molecule has 0 nitrogen and oxygen atoms in total. The maximum absolute atomic E-state index is 2.60. The van der Waals surface area contributed by atoms with Crippen molar-refractivity contribution in [2.75, 3.05) is 0 Å². The summed E-state index contributed by atoms with van der Waals surface area (Å²) in [5, 5.41) is 0. The van der Waals surface area contributed by atoms with Gasteiger partial charge in [-0.15, -0.1) is 0 Å². The zero-order valence-electron chi connectivity index (χ0n) is 18.3. The van der Waals surface area contributed by atoms with Crippen LogP contribution in [0, 0.1) is 0 Å². The molecule has 3 heteroatoms. The van der Waals surface area contributed by atoms with Crippen molar-refractivity contribution in [3.05, 3.63) is 63.3 Å². The quantitative estimate of drug-likeness (QED) is 0.542. The molecule has 1 aromatic rings. The normalized spacial score (nSPS) is 23.1. The Labute approximate surface area is 196 Å². The Morgan fingerprint density at radius 1 is 0.929 bits per heavy atom. The van der Waals surface area contributed by atoms with Gasteiger partial charge in [0.1, 0.15) is 0 Å². The molecule has 0 amide bonds. The van der Waals surface area contributed by atoms with Crippen molar-refractivity contribution in [3.8, 4) is 0 Å². The van der Waals surface area contributed by atoms with Crippen LogP contribution in [0.2, 0.25) is 3.12 Å². The average Bonchev–Trinajstić information content (AvgIpc) is 3.06. The SMILES string of the molecule is CCCCC1=Cc2ccccc2[CH]1[Zr+2][C]1(C)C(C)=C(C)C(C)=C1CCC.[Cl-].[Cl-]. The summed E-state index contributed by atoms with van der Waals surface area (Å²) in [6.07, 6.45) is 9.00. The first-order valence-electron chi connectivity index (χ1n) is 10.4. The van der Waals surface area contributed by atoms with Gasteiger partial charge in [0.05, 0.1) is 0 Å². The summed E-state index contributed by atoms with van der Waals surface area (Å²) >= 11 is -0.740. The minimum Gasteiger partial charge on any atom is -1.00 e. The molecule has 2 atom stereocenters. The predicted molar refractivity (Wildman–Crippen MR) is 111 cm³/mol. The van der Waals surface area contributed by atoms with Gasteiger partial charge in [-0.05, 0) is 0 Å². The van der Waals surface area contributed by atoms with Crippen LogP contribution in [0.15, 0.2) is 52.1 Å². The molecular formula is C25H34Cl2Zr. The van der Waals surface area contributed by atoms with E-state index < -0.39 is 23.2 Å². The zero-order chi connectivity index (χ0) is 18.9. The maximum atomic E-state index is 2.60. The number of halogens is 2. The minimum absolute atomic E-state index is 0. The number of allylic oxidation sites excluding steroid dienone is 5. The van der Waals surface area contributed by atoms with Crippen molar-refractivity contribution < 1.29 is 48.0 Å². The van der Waals surface area contributed by atoms with E-state index in [9.17, 15) is 0 Å². The number of fused-ring (bicyclic) bond motifs is 1. The second kappa shape index (κ2) is 10.8. The predicted octanol–water partition coefficient (Wildman–Crippen LogP) is 2.05. The molecule has 3 rings (SSSR count). The molecule has 152 valence electrons. The molecule has 0 fully saturated rings. The van der Waals surface area contributed by atoms with E-state index in [1.54, 1.807) is 33.4 Å². The van der Waals surface area contributed by atoms with Crippen molar-refractivity contribution in [1.82, 2.24) is 0 Å². The second-order valence-corrected chi connectivity index (χ2v) is 12.8. The molecule has 1 aromatic carbocycles. The third-order valence-electron chi connectivity index (χ3n) is 6.70. The van der Waals surface area contributed by atoms with E-state index in [2.05, 4.69) is 71.9 Å². The van der Waals surface area contributed by atoms with Gasteiger partial charge in [-0.1, -0.05) is 0 Å². The third-order valence-corrected chi connectivity index (χ3v) is 12.2. The number of hydrogen-bond donors (Lipinski definition) is 0. The van der Waals surface area contributed by atoms with E-state index in [0.29, 0.717) is 3.12 Å². The summed E-state index contributed by atoms with van der Waals surface area (Å²) in [5.74, 6) is 0. The molecule has 0 spiro atoms. The van der Waals surface area contributed by atoms with Gasteiger partial charge in [0, 0.05) is 0 Å². The number of hydrogen-bond acceptors (Lipinski definition) is 0. The zero-order valence-corrected chi connectivity index (χ0v) is 22.2. The van der Waals surface area contributed by atoms with Crippen LogP contribution in [0.3, 0.4) is 0 Å². The Balaban J connectivity index is 0.00000196. The molecule has 2 aliphatic rings. The topological polar surface area (TPSA) is 0 Å². The van der Waals surface area contributed by atoms with Crippen LogP contribution in [0.1, 0.15) is 88.4 Å². The van der Waals surface area contributed by atoms with Gasteiger partial charge in [0.15, 0.2) is 0 Å². The molecule has 0 saturated heterocycles. The third kappa shape index (κ3) is 4.63. The number of benzene rings is 1. The molecule has 2 aliphatic carbocycles. The molecule has 0 saturated carbocycles. The number of rotatable bonds is 7. The Bertz CT molecular complexity index is 787. The van der Waals surface area contributed by atoms with Crippen LogP contribution in [0.5, 0.6) is 0 Å². The second-order valence-electron chi connectivity index (χ2n) is 8.26. The van der Waals surface area contributed by atoms with Gasteiger partial charge in [-0.25, -0.2) is 0 Å². The summed E-state index contributed by atoms with van der Waals surface area (Å²) in [7, 11) is 0. The van der Waals surface area contributed by atoms with Gasteiger partial charge < -0.3 is 24.8 Å². The smallest absolute Gasteiger partial charge is 1.00 e. The van der Waals surface area contributed by atoms with Gasteiger partial charge in [0.2, 0.25) is 0 Å². The van der Waals surface area contributed by atoms with E-state index in [1.807, 2.05) is 0 Å². The first kappa shape index (κ1) is 25.9. The van der Waals surface area contributed by atoms with Gasteiger partial charge in [0.25, 0.3) is 0 Å². The van der Waals surface area contributed by atoms with E-state index in [0.717, 1.165) is 3.63 Å². The van der Waals surface area contributed by atoms with Crippen LogP contribution in [-0.4, -0.2) is 0 Å². The molecule has 0 aliphatic heterocycles. The van der Waals surface area contributed by atoms with Crippen molar-refractivity contribution in [2.45, 2.75) is 80.4 Å². The monoisotopic (exact) mass is 494 g/mol. The van der Waals surface area contributed by atoms with E-state index in [1.165, 1.54) is 37.7 Å². The molecule has 0 bridgehead atoms. The summed E-state index contributed by atoms with van der Waals surface area (Å²) in [6, 6.07) is 9.20. The number of unbranched alkanes of at least 4 members (excludes halogenated alkanes) is 1. The Morgan fingerprint density at radius 3 is 2.25 bits per heavy atom. The minimum atomic E-state index is -0.740. The Kier molecular flexibility index (Phi) is 10.00.